The van der Waals surface area contributed by atoms with Gasteiger partial charge in [-0.2, -0.15) is 0 Å². The van der Waals surface area contributed by atoms with Gasteiger partial charge < -0.3 is 20.1 Å². The van der Waals surface area contributed by atoms with E-state index in [9.17, 15) is 4.79 Å². The number of hydrogen-bond acceptors (Lipinski definition) is 4. The van der Waals surface area contributed by atoms with Gasteiger partial charge >= 0.3 is 0 Å². The van der Waals surface area contributed by atoms with Crippen LogP contribution in [0.3, 0.4) is 0 Å². The molecule has 0 aromatic heterocycles. The van der Waals surface area contributed by atoms with E-state index in [0.29, 0.717) is 13.1 Å². The number of carbonyl (C=O) groups is 1. The maximum atomic E-state index is 11.0. The molecule has 1 aromatic rings. The van der Waals surface area contributed by atoms with Crippen LogP contribution < -0.4 is 20.1 Å². The molecule has 0 bridgehead atoms. The summed E-state index contributed by atoms with van der Waals surface area (Å²) in [7, 11) is 1.62. The van der Waals surface area contributed by atoms with Crippen LogP contribution in [0.25, 0.3) is 0 Å². The number of likely N-dealkylation sites (N-methyl/N-ethyl adjacent to an activating group) is 1. The zero-order chi connectivity index (χ0) is 11.4. The molecule has 0 atom stereocenters. The Morgan fingerprint density at radius 1 is 1.38 bits per heavy atom. The Morgan fingerprint density at radius 3 is 3.00 bits per heavy atom. The van der Waals surface area contributed by atoms with Crippen molar-refractivity contribution in [2.75, 3.05) is 20.4 Å². The van der Waals surface area contributed by atoms with Crippen molar-refractivity contribution >= 4 is 5.91 Å². The van der Waals surface area contributed by atoms with E-state index in [4.69, 9.17) is 9.47 Å². The van der Waals surface area contributed by atoms with Gasteiger partial charge in [-0.25, -0.2) is 0 Å². The predicted octanol–water partition coefficient (Wildman–Crippen LogP) is 0.251. The standard InChI is InChI=1S/C11H14N2O3/c1-12-11(14)6-13-5-8-2-3-9-10(4-8)16-7-15-9/h2-4,13H,5-7H2,1H3,(H,12,14). The Kier molecular flexibility index (Phi) is 3.26. The molecule has 0 spiro atoms. The first kappa shape index (κ1) is 10.8. The first-order chi connectivity index (χ1) is 7.79. The molecule has 5 heteroatoms. The van der Waals surface area contributed by atoms with E-state index < -0.39 is 0 Å². The van der Waals surface area contributed by atoms with Crippen molar-refractivity contribution in [3.63, 3.8) is 0 Å². The van der Waals surface area contributed by atoms with E-state index in [1.165, 1.54) is 0 Å². The van der Waals surface area contributed by atoms with E-state index >= 15 is 0 Å². The molecule has 0 fully saturated rings. The smallest absolute Gasteiger partial charge is 0.233 e. The number of amides is 1. The van der Waals surface area contributed by atoms with Gasteiger partial charge in [-0.3, -0.25) is 4.79 Å². The number of carbonyl (C=O) groups excluding carboxylic acids is 1. The topological polar surface area (TPSA) is 59.6 Å². The Morgan fingerprint density at radius 2 is 2.19 bits per heavy atom. The van der Waals surface area contributed by atoms with E-state index in [-0.39, 0.29) is 12.7 Å². The molecule has 2 rings (SSSR count). The second-order valence-corrected chi connectivity index (χ2v) is 3.46. The van der Waals surface area contributed by atoms with Crippen LogP contribution in [0.2, 0.25) is 0 Å². The average molecular weight is 222 g/mol. The van der Waals surface area contributed by atoms with Gasteiger partial charge in [0, 0.05) is 13.6 Å². The zero-order valence-electron chi connectivity index (χ0n) is 9.08. The third kappa shape index (κ3) is 2.43. The Labute approximate surface area is 93.7 Å². The van der Waals surface area contributed by atoms with Crippen LogP contribution in [0, 0.1) is 0 Å². The highest BCUT2D eigenvalue weighted by Crippen LogP contribution is 2.32. The van der Waals surface area contributed by atoms with E-state index in [1.54, 1.807) is 7.05 Å². The molecule has 1 aliphatic heterocycles. The summed E-state index contributed by atoms with van der Waals surface area (Å²) < 4.78 is 10.5. The van der Waals surface area contributed by atoms with Crippen LogP contribution in [0.15, 0.2) is 18.2 Å². The lowest BCUT2D eigenvalue weighted by Crippen LogP contribution is -2.30. The summed E-state index contributed by atoms with van der Waals surface area (Å²) in [5, 5.41) is 5.58. The fourth-order valence-corrected chi connectivity index (χ4v) is 1.46. The van der Waals surface area contributed by atoms with Crippen molar-refractivity contribution in [1.29, 1.82) is 0 Å². The molecule has 0 aliphatic carbocycles. The molecular formula is C11H14N2O3. The average Bonchev–Trinajstić information content (AvgIpc) is 2.76. The predicted molar refractivity (Wildman–Crippen MR) is 58.3 cm³/mol. The molecule has 1 heterocycles. The lowest BCUT2D eigenvalue weighted by Gasteiger charge is -2.04. The van der Waals surface area contributed by atoms with Gasteiger partial charge in [-0.05, 0) is 17.7 Å². The summed E-state index contributed by atoms with van der Waals surface area (Å²) in [5.41, 5.74) is 1.06. The van der Waals surface area contributed by atoms with Crippen molar-refractivity contribution in [1.82, 2.24) is 10.6 Å². The zero-order valence-corrected chi connectivity index (χ0v) is 9.08. The first-order valence-corrected chi connectivity index (χ1v) is 5.09. The molecule has 0 unspecified atom stereocenters. The largest absolute Gasteiger partial charge is 0.454 e. The summed E-state index contributed by atoms with van der Waals surface area (Å²) in [6, 6.07) is 5.74. The second-order valence-electron chi connectivity index (χ2n) is 3.46. The summed E-state index contributed by atoms with van der Waals surface area (Å²) >= 11 is 0. The van der Waals surface area contributed by atoms with Gasteiger partial charge in [0.1, 0.15) is 0 Å². The molecule has 0 saturated heterocycles. The van der Waals surface area contributed by atoms with Gasteiger partial charge in [0.2, 0.25) is 12.7 Å². The lowest BCUT2D eigenvalue weighted by atomic mass is 10.2. The van der Waals surface area contributed by atoms with Crippen LogP contribution in [0.5, 0.6) is 11.5 Å². The minimum absolute atomic E-state index is 0.0271. The summed E-state index contributed by atoms with van der Waals surface area (Å²) in [6.45, 7) is 1.22. The fraction of sp³-hybridized carbons (Fsp3) is 0.364. The van der Waals surface area contributed by atoms with Crippen LogP contribution in [-0.2, 0) is 11.3 Å². The van der Waals surface area contributed by atoms with Crippen LogP contribution >= 0.6 is 0 Å². The number of nitrogens with one attached hydrogen (secondary N) is 2. The third-order valence-corrected chi connectivity index (χ3v) is 2.33. The van der Waals surface area contributed by atoms with Gasteiger partial charge in [-0.1, -0.05) is 6.07 Å². The molecular weight excluding hydrogens is 208 g/mol. The highest BCUT2D eigenvalue weighted by atomic mass is 16.7. The normalized spacial score (nSPS) is 12.6. The quantitative estimate of drug-likeness (QED) is 0.766. The first-order valence-electron chi connectivity index (χ1n) is 5.09. The Bertz CT molecular complexity index is 393. The van der Waals surface area contributed by atoms with Gasteiger partial charge in [0.15, 0.2) is 11.5 Å². The highest BCUT2D eigenvalue weighted by Gasteiger charge is 2.12. The lowest BCUT2D eigenvalue weighted by molar-refractivity contribution is -0.119. The van der Waals surface area contributed by atoms with Crippen molar-refractivity contribution < 1.29 is 14.3 Å². The number of hydrogen-bond donors (Lipinski definition) is 2. The summed E-state index contributed by atoms with van der Waals surface area (Å²) in [5.74, 6) is 1.51. The maximum Gasteiger partial charge on any atom is 0.233 e. The molecule has 0 radical (unpaired) electrons. The molecule has 86 valence electrons. The Hall–Kier alpha value is -1.75. The number of rotatable bonds is 4. The van der Waals surface area contributed by atoms with Gasteiger partial charge in [-0.15, -0.1) is 0 Å². The van der Waals surface area contributed by atoms with Crippen molar-refractivity contribution in [3.8, 4) is 11.5 Å². The van der Waals surface area contributed by atoms with Crippen LogP contribution in [0.1, 0.15) is 5.56 Å². The van der Waals surface area contributed by atoms with E-state index in [0.717, 1.165) is 17.1 Å². The number of fused-ring (bicyclic) bond motifs is 1. The number of benzene rings is 1. The van der Waals surface area contributed by atoms with E-state index in [2.05, 4.69) is 10.6 Å². The minimum Gasteiger partial charge on any atom is -0.454 e. The minimum atomic E-state index is -0.0271. The molecule has 1 aliphatic rings. The third-order valence-electron chi connectivity index (χ3n) is 2.33. The maximum absolute atomic E-state index is 11.0. The van der Waals surface area contributed by atoms with Crippen molar-refractivity contribution in [2.45, 2.75) is 6.54 Å². The highest BCUT2D eigenvalue weighted by molar-refractivity contribution is 5.77. The molecule has 1 aromatic carbocycles. The summed E-state index contributed by atoms with van der Waals surface area (Å²) in [6.07, 6.45) is 0. The molecule has 2 N–H and O–H groups in total. The summed E-state index contributed by atoms with van der Waals surface area (Å²) in [4.78, 5) is 11.0. The molecule has 5 nitrogen and oxygen atoms in total. The van der Waals surface area contributed by atoms with Crippen LogP contribution in [-0.4, -0.2) is 26.3 Å². The molecule has 0 saturated carbocycles. The fourth-order valence-electron chi connectivity index (χ4n) is 1.46. The van der Waals surface area contributed by atoms with Crippen molar-refractivity contribution in [3.05, 3.63) is 23.8 Å². The van der Waals surface area contributed by atoms with Crippen LogP contribution in [0.4, 0.5) is 0 Å². The monoisotopic (exact) mass is 222 g/mol. The SMILES string of the molecule is CNC(=O)CNCc1ccc2c(c1)OCO2. The Balaban J connectivity index is 1.88. The second kappa shape index (κ2) is 4.85. The molecule has 1 amide bonds. The van der Waals surface area contributed by atoms with Gasteiger partial charge in [0.05, 0.1) is 6.54 Å². The van der Waals surface area contributed by atoms with Gasteiger partial charge in [0.25, 0.3) is 0 Å². The molecule has 16 heavy (non-hydrogen) atoms. The van der Waals surface area contributed by atoms with E-state index in [1.807, 2.05) is 18.2 Å². The number of ether oxygens (including phenoxy) is 2. The van der Waals surface area contributed by atoms with Crippen molar-refractivity contribution in [2.24, 2.45) is 0 Å².